The Labute approximate surface area is 130 Å². The summed E-state index contributed by atoms with van der Waals surface area (Å²) in [4.78, 5) is 1.40. The second-order valence-electron chi connectivity index (χ2n) is 5.63. The molecule has 5 heteroatoms. The number of aryl methyl sites for hydroxylation is 2. The molecule has 2 aromatic rings. The molecule has 20 heavy (non-hydrogen) atoms. The Balaban J connectivity index is 2.00. The van der Waals surface area contributed by atoms with Crippen molar-refractivity contribution in [3.8, 4) is 0 Å². The molecule has 2 heterocycles. The van der Waals surface area contributed by atoms with E-state index in [2.05, 4.69) is 48.7 Å². The van der Waals surface area contributed by atoms with Gasteiger partial charge in [-0.3, -0.25) is 4.68 Å². The lowest BCUT2D eigenvalue weighted by molar-refractivity contribution is 0.466. The molecule has 0 aromatic carbocycles. The van der Waals surface area contributed by atoms with Crippen LogP contribution in [0.3, 0.4) is 0 Å². The lowest BCUT2D eigenvalue weighted by Gasteiger charge is -2.24. The Morgan fingerprint density at radius 3 is 2.80 bits per heavy atom. The van der Waals surface area contributed by atoms with E-state index < -0.39 is 0 Å². The van der Waals surface area contributed by atoms with Crippen molar-refractivity contribution >= 4 is 22.9 Å². The minimum absolute atomic E-state index is 0.132. The summed E-state index contributed by atoms with van der Waals surface area (Å²) in [5, 5.41) is 10.9. The summed E-state index contributed by atoms with van der Waals surface area (Å²) >= 11 is 8.13. The van der Waals surface area contributed by atoms with Gasteiger partial charge in [-0.25, -0.2) is 0 Å². The average Bonchev–Trinajstić information content (AvgIpc) is 3.02. The molecule has 0 unspecified atom stereocenters. The van der Waals surface area contributed by atoms with Gasteiger partial charge in [0.15, 0.2) is 0 Å². The molecule has 0 spiro atoms. The number of thiophene rings is 1. The molecule has 0 amide bonds. The fourth-order valence-corrected chi connectivity index (χ4v) is 3.34. The first kappa shape index (κ1) is 15.5. The molecule has 3 nitrogen and oxygen atoms in total. The van der Waals surface area contributed by atoms with E-state index in [4.69, 9.17) is 11.6 Å². The Kier molecular flexibility index (Phi) is 4.89. The molecule has 110 valence electrons. The normalized spacial score (nSPS) is 12.1. The molecule has 0 aliphatic heterocycles. The van der Waals surface area contributed by atoms with Gasteiger partial charge in [0.25, 0.3) is 0 Å². The summed E-state index contributed by atoms with van der Waals surface area (Å²) in [6.45, 7) is 11.1. The van der Waals surface area contributed by atoms with Gasteiger partial charge in [0, 0.05) is 29.9 Å². The monoisotopic (exact) mass is 311 g/mol. The molecule has 0 saturated heterocycles. The second-order valence-corrected chi connectivity index (χ2v) is 6.95. The standard InChI is InChI=1S/C15H22ClN3S/c1-5-19-12(14(16)11(2)18-19)9-17-10-15(3,4)13-7-6-8-20-13/h6-8,17H,5,9-10H2,1-4H3. The molecule has 0 fully saturated rings. The van der Waals surface area contributed by atoms with Gasteiger partial charge < -0.3 is 5.32 Å². The van der Waals surface area contributed by atoms with E-state index in [-0.39, 0.29) is 5.41 Å². The molecule has 0 atom stereocenters. The van der Waals surface area contributed by atoms with Gasteiger partial charge in [0.2, 0.25) is 0 Å². The summed E-state index contributed by atoms with van der Waals surface area (Å²) in [6, 6.07) is 4.30. The number of hydrogen-bond donors (Lipinski definition) is 1. The van der Waals surface area contributed by atoms with E-state index in [9.17, 15) is 0 Å². The van der Waals surface area contributed by atoms with Crippen molar-refractivity contribution in [3.63, 3.8) is 0 Å². The van der Waals surface area contributed by atoms with Crippen LogP contribution in [0.5, 0.6) is 0 Å². The molecular formula is C15H22ClN3S. The number of nitrogens with one attached hydrogen (secondary N) is 1. The summed E-state index contributed by atoms with van der Waals surface area (Å²) in [5.41, 5.74) is 2.11. The molecule has 0 bridgehead atoms. The smallest absolute Gasteiger partial charge is 0.0860 e. The highest BCUT2D eigenvalue weighted by Crippen LogP contribution is 2.27. The molecule has 2 rings (SSSR count). The van der Waals surface area contributed by atoms with Gasteiger partial charge in [0.05, 0.1) is 16.4 Å². The van der Waals surface area contributed by atoms with Crippen molar-refractivity contribution in [2.24, 2.45) is 0 Å². The van der Waals surface area contributed by atoms with Crippen LogP contribution in [0.25, 0.3) is 0 Å². The first-order valence-corrected chi connectivity index (χ1v) is 8.18. The van der Waals surface area contributed by atoms with Gasteiger partial charge >= 0.3 is 0 Å². The minimum Gasteiger partial charge on any atom is -0.310 e. The van der Waals surface area contributed by atoms with Crippen molar-refractivity contribution < 1.29 is 0 Å². The fourth-order valence-electron chi connectivity index (χ4n) is 2.28. The second kappa shape index (κ2) is 6.29. The number of aromatic nitrogens is 2. The Morgan fingerprint density at radius 1 is 1.45 bits per heavy atom. The van der Waals surface area contributed by atoms with Crippen LogP contribution in [0, 0.1) is 6.92 Å². The van der Waals surface area contributed by atoms with Crippen LogP contribution in [-0.2, 0) is 18.5 Å². The maximum absolute atomic E-state index is 6.32. The predicted octanol–water partition coefficient (Wildman–Crippen LogP) is 3.99. The number of hydrogen-bond acceptors (Lipinski definition) is 3. The summed E-state index contributed by atoms with van der Waals surface area (Å²) in [6.07, 6.45) is 0. The van der Waals surface area contributed by atoms with E-state index in [1.807, 2.05) is 22.9 Å². The first-order chi connectivity index (χ1) is 9.45. The van der Waals surface area contributed by atoms with Crippen LogP contribution in [0.15, 0.2) is 17.5 Å². The molecule has 0 radical (unpaired) electrons. The summed E-state index contributed by atoms with van der Waals surface area (Å²) in [7, 11) is 0. The van der Waals surface area contributed by atoms with Crippen LogP contribution in [0.4, 0.5) is 0 Å². The van der Waals surface area contributed by atoms with Crippen molar-refractivity contribution in [2.75, 3.05) is 6.54 Å². The predicted molar refractivity (Wildman–Crippen MR) is 86.7 cm³/mol. The topological polar surface area (TPSA) is 29.9 Å². The molecular weight excluding hydrogens is 290 g/mol. The molecule has 2 aromatic heterocycles. The highest BCUT2D eigenvalue weighted by molar-refractivity contribution is 7.10. The minimum atomic E-state index is 0.132. The molecule has 0 saturated carbocycles. The summed E-state index contributed by atoms with van der Waals surface area (Å²) in [5.74, 6) is 0. The zero-order valence-corrected chi connectivity index (χ0v) is 14.1. The zero-order chi connectivity index (χ0) is 14.8. The highest BCUT2D eigenvalue weighted by Gasteiger charge is 2.21. The SMILES string of the molecule is CCn1nc(C)c(Cl)c1CNCC(C)(C)c1cccs1. The maximum Gasteiger partial charge on any atom is 0.0860 e. The van der Waals surface area contributed by atoms with Gasteiger partial charge in [-0.15, -0.1) is 11.3 Å². The van der Waals surface area contributed by atoms with Crippen molar-refractivity contribution in [3.05, 3.63) is 38.8 Å². The van der Waals surface area contributed by atoms with Gasteiger partial charge in [-0.2, -0.15) is 5.10 Å². The van der Waals surface area contributed by atoms with Crippen LogP contribution in [0.1, 0.15) is 37.0 Å². The Bertz CT molecular complexity index is 558. The lowest BCUT2D eigenvalue weighted by atomic mass is 9.91. The Hall–Kier alpha value is -0.840. The largest absolute Gasteiger partial charge is 0.310 e. The molecule has 0 aliphatic carbocycles. The Morgan fingerprint density at radius 2 is 2.20 bits per heavy atom. The first-order valence-electron chi connectivity index (χ1n) is 6.92. The van der Waals surface area contributed by atoms with Crippen molar-refractivity contribution in [1.29, 1.82) is 0 Å². The number of halogens is 1. The van der Waals surface area contributed by atoms with Crippen LogP contribution < -0.4 is 5.32 Å². The fraction of sp³-hybridized carbons (Fsp3) is 0.533. The van der Waals surface area contributed by atoms with E-state index in [1.165, 1.54) is 4.88 Å². The third-order valence-electron chi connectivity index (χ3n) is 3.50. The van der Waals surface area contributed by atoms with Crippen LogP contribution >= 0.6 is 22.9 Å². The van der Waals surface area contributed by atoms with Crippen LogP contribution in [-0.4, -0.2) is 16.3 Å². The van der Waals surface area contributed by atoms with E-state index in [0.29, 0.717) is 0 Å². The molecule has 0 aliphatic rings. The van der Waals surface area contributed by atoms with Crippen molar-refractivity contribution in [2.45, 2.75) is 46.2 Å². The highest BCUT2D eigenvalue weighted by atomic mass is 35.5. The van der Waals surface area contributed by atoms with Crippen LogP contribution in [0.2, 0.25) is 5.02 Å². The van der Waals surface area contributed by atoms with E-state index in [0.717, 1.165) is 36.0 Å². The van der Waals surface area contributed by atoms with Gasteiger partial charge in [-0.1, -0.05) is 31.5 Å². The maximum atomic E-state index is 6.32. The third kappa shape index (κ3) is 3.25. The van der Waals surface area contributed by atoms with Gasteiger partial charge in [0.1, 0.15) is 0 Å². The molecule has 1 N–H and O–H groups in total. The van der Waals surface area contributed by atoms with Gasteiger partial charge in [-0.05, 0) is 25.3 Å². The van der Waals surface area contributed by atoms with E-state index in [1.54, 1.807) is 0 Å². The zero-order valence-electron chi connectivity index (χ0n) is 12.5. The van der Waals surface area contributed by atoms with Crippen molar-refractivity contribution in [1.82, 2.24) is 15.1 Å². The lowest BCUT2D eigenvalue weighted by Crippen LogP contribution is -2.32. The third-order valence-corrected chi connectivity index (χ3v) is 5.23. The summed E-state index contributed by atoms with van der Waals surface area (Å²) < 4.78 is 1.98. The number of rotatable bonds is 6. The number of nitrogens with zero attached hydrogens (tertiary/aromatic N) is 2. The quantitative estimate of drug-likeness (QED) is 0.874. The van der Waals surface area contributed by atoms with E-state index >= 15 is 0 Å². The average molecular weight is 312 g/mol.